The van der Waals surface area contributed by atoms with Crippen LogP contribution in [-0.4, -0.2) is 110 Å². The fraction of sp³-hybridized carbons (Fsp3) is 0.432. The molecular weight excluding hydrogens is 741 g/mol. The molecule has 0 atom stereocenters. The van der Waals surface area contributed by atoms with Gasteiger partial charge in [0.25, 0.3) is 11.8 Å². The average Bonchev–Trinajstić information content (AvgIpc) is 4.05. The van der Waals surface area contributed by atoms with E-state index in [0.717, 1.165) is 109 Å². The Morgan fingerprint density at radius 3 is 1.62 bits per heavy atom. The molecule has 2 aromatic carbocycles. The van der Waals surface area contributed by atoms with Crippen LogP contribution in [0.1, 0.15) is 62.9 Å². The fourth-order valence-electron chi connectivity index (χ4n) is 7.48. The maximum absolute atomic E-state index is 12.4. The van der Waals surface area contributed by atoms with Crippen LogP contribution in [0, 0.1) is 0 Å². The molecule has 2 saturated heterocycles. The normalized spacial score (nSPS) is 16.9. The number of thiophene rings is 2. The van der Waals surface area contributed by atoms with Crippen molar-refractivity contribution in [3.8, 4) is 33.5 Å². The summed E-state index contributed by atoms with van der Waals surface area (Å²) in [6.07, 6.45) is 8.70. The van der Waals surface area contributed by atoms with Gasteiger partial charge in [0.05, 0.1) is 41.9 Å². The smallest absolute Gasteiger partial charge is 0.261 e. The molecule has 296 valence electrons. The third kappa shape index (κ3) is 11.2. The highest BCUT2D eigenvalue weighted by Gasteiger charge is 2.17. The molecule has 56 heavy (non-hydrogen) atoms. The molecule has 2 N–H and O–H groups in total. The molecule has 3 aliphatic rings. The van der Waals surface area contributed by atoms with Gasteiger partial charge in [0.2, 0.25) is 0 Å². The van der Waals surface area contributed by atoms with Crippen molar-refractivity contribution in [2.24, 2.45) is 7.05 Å². The summed E-state index contributed by atoms with van der Waals surface area (Å²) in [5, 5.41) is 14.6. The third-order valence-corrected chi connectivity index (χ3v) is 12.7. The van der Waals surface area contributed by atoms with E-state index in [1.165, 1.54) is 65.9 Å². The highest BCUT2D eigenvalue weighted by atomic mass is 32.1. The molecule has 1 aliphatic carbocycles. The van der Waals surface area contributed by atoms with Crippen molar-refractivity contribution in [2.75, 3.05) is 78.8 Å². The zero-order valence-electron chi connectivity index (χ0n) is 32.4. The fourth-order valence-corrected chi connectivity index (χ4v) is 9.14. The van der Waals surface area contributed by atoms with Crippen molar-refractivity contribution in [1.82, 2.24) is 30.2 Å². The number of nitrogens with zero attached hydrogens (tertiary/aromatic N) is 4. The molecule has 10 nitrogen and oxygen atoms in total. The first-order valence-electron chi connectivity index (χ1n) is 20.0. The molecule has 2 amide bonds. The van der Waals surface area contributed by atoms with Crippen LogP contribution in [0.4, 0.5) is 0 Å². The minimum Gasteiger partial charge on any atom is -0.379 e. The van der Waals surface area contributed by atoms with Crippen LogP contribution in [0.15, 0.2) is 83.7 Å². The predicted octanol–water partition coefficient (Wildman–Crippen LogP) is 7.40. The molecule has 8 rings (SSSR count). The molecule has 5 heterocycles. The van der Waals surface area contributed by atoms with Crippen LogP contribution < -0.4 is 10.6 Å². The van der Waals surface area contributed by atoms with Gasteiger partial charge in [-0.25, -0.2) is 0 Å². The Labute approximate surface area is 338 Å². The van der Waals surface area contributed by atoms with E-state index in [1.807, 2.05) is 36.8 Å². The van der Waals surface area contributed by atoms with Crippen molar-refractivity contribution < 1.29 is 19.1 Å². The quantitative estimate of drug-likeness (QED) is 0.136. The summed E-state index contributed by atoms with van der Waals surface area (Å²) in [5.41, 5.74) is 8.01. The lowest BCUT2D eigenvalue weighted by Crippen LogP contribution is -2.41. The summed E-state index contributed by atoms with van der Waals surface area (Å²) in [4.78, 5) is 31.0. The number of aryl methyl sites for hydroxylation is 1. The number of hydrogen-bond acceptors (Lipinski definition) is 9. The molecular formula is C44H54N6O4S2. The maximum atomic E-state index is 12.4. The van der Waals surface area contributed by atoms with Gasteiger partial charge in [-0.3, -0.25) is 24.1 Å². The highest BCUT2D eigenvalue weighted by molar-refractivity contribution is 7.12. The zero-order chi connectivity index (χ0) is 38.5. The Kier molecular flexibility index (Phi) is 14.5. The number of ether oxygens (including phenoxy) is 2. The van der Waals surface area contributed by atoms with E-state index in [4.69, 9.17) is 9.47 Å². The lowest BCUT2D eigenvalue weighted by Gasteiger charge is -2.26. The van der Waals surface area contributed by atoms with Crippen LogP contribution >= 0.6 is 22.7 Å². The van der Waals surface area contributed by atoms with E-state index < -0.39 is 0 Å². The summed E-state index contributed by atoms with van der Waals surface area (Å²) in [7, 11) is 1.91. The van der Waals surface area contributed by atoms with E-state index in [0.29, 0.717) is 13.1 Å². The van der Waals surface area contributed by atoms with Gasteiger partial charge in [-0.05, 0) is 75.5 Å². The van der Waals surface area contributed by atoms with E-state index in [2.05, 4.69) is 79.4 Å². The van der Waals surface area contributed by atoms with Gasteiger partial charge < -0.3 is 20.1 Å². The number of hydrogen-bond donors (Lipinski definition) is 2. The highest BCUT2D eigenvalue weighted by Crippen LogP contribution is 2.34. The van der Waals surface area contributed by atoms with Crippen molar-refractivity contribution in [3.05, 3.63) is 99.0 Å². The molecule has 3 fully saturated rings. The van der Waals surface area contributed by atoms with Gasteiger partial charge in [-0.2, -0.15) is 5.10 Å². The first-order chi connectivity index (χ1) is 27.5. The number of carbonyl (C=O) groups excluding carboxylic acids is 2. The first kappa shape index (κ1) is 40.0. The Hall–Kier alpha value is -4.17. The van der Waals surface area contributed by atoms with Gasteiger partial charge in [0.1, 0.15) is 0 Å². The zero-order valence-corrected chi connectivity index (χ0v) is 34.1. The number of carbonyl (C=O) groups is 2. The summed E-state index contributed by atoms with van der Waals surface area (Å²) in [6.45, 7) is 10.0. The Morgan fingerprint density at radius 2 is 1.14 bits per heavy atom. The topological polar surface area (TPSA) is 101 Å². The summed E-state index contributed by atoms with van der Waals surface area (Å²) < 4.78 is 12.5. The van der Waals surface area contributed by atoms with Gasteiger partial charge in [-0.15, -0.1) is 22.7 Å². The predicted molar refractivity (Wildman–Crippen MR) is 227 cm³/mol. The number of benzene rings is 2. The van der Waals surface area contributed by atoms with Crippen LogP contribution in [0.2, 0.25) is 0 Å². The molecule has 1 saturated carbocycles. The number of rotatable bonds is 12. The van der Waals surface area contributed by atoms with E-state index >= 15 is 0 Å². The molecule has 12 heteroatoms. The molecule has 0 unspecified atom stereocenters. The summed E-state index contributed by atoms with van der Waals surface area (Å²) in [6, 6.07) is 23.3. The van der Waals surface area contributed by atoms with E-state index in [1.54, 1.807) is 4.68 Å². The molecule has 0 spiro atoms. The summed E-state index contributed by atoms with van der Waals surface area (Å²) in [5.74, 6) is 0.760. The SMILES string of the molecule is Cn1ccc(-c2ccc(-c3csc(C(=O)NCCN4CCOCC4)c3)cc2)n1.O=C(NCCN1CCOCC1)c1cc(-c2ccc(C3CCCCC3)cc2)cs1. The Morgan fingerprint density at radius 1 is 0.661 bits per heavy atom. The number of aromatic nitrogens is 2. The van der Waals surface area contributed by atoms with Crippen molar-refractivity contribution in [2.45, 2.75) is 38.0 Å². The third-order valence-electron chi connectivity index (χ3n) is 10.8. The Balaban J connectivity index is 0.000000172. The van der Waals surface area contributed by atoms with Crippen molar-refractivity contribution in [3.63, 3.8) is 0 Å². The standard InChI is InChI=1S/C23H30N2O2S.C21H24N4O2S/c26-23(24-10-11-25-12-14-27-15-13-25)22-16-21(17-28-22)20-8-6-19(7-9-20)18-4-2-1-3-5-18;1-24-8-6-19(23-24)17-4-2-16(3-5-17)18-14-20(28-15-18)21(26)22-7-9-25-10-12-27-13-11-25/h6-9,16-18H,1-5,10-15H2,(H,24,26);2-6,8,14-15H,7,9-13H2,1H3,(H,22,26). The monoisotopic (exact) mass is 794 g/mol. The maximum Gasteiger partial charge on any atom is 0.261 e. The van der Waals surface area contributed by atoms with Crippen LogP contribution in [0.3, 0.4) is 0 Å². The van der Waals surface area contributed by atoms with Crippen molar-refractivity contribution in [1.29, 1.82) is 0 Å². The van der Waals surface area contributed by atoms with Crippen molar-refractivity contribution >= 4 is 34.5 Å². The molecule has 2 aliphatic heterocycles. The minimum absolute atomic E-state index is 0.00499. The average molecular weight is 795 g/mol. The largest absolute Gasteiger partial charge is 0.379 e. The van der Waals surface area contributed by atoms with Crippen LogP contribution in [-0.2, 0) is 16.5 Å². The number of amides is 2. The molecule has 0 radical (unpaired) electrons. The second-order valence-electron chi connectivity index (χ2n) is 14.7. The first-order valence-corrected chi connectivity index (χ1v) is 21.8. The second kappa shape index (κ2) is 20.3. The summed E-state index contributed by atoms with van der Waals surface area (Å²) >= 11 is 3.01. The minimum atomic E-state index is -0.00499. The van der Waals surface area contributed by atoms with Crippen LogP contribution in [0.5, 0.6) is 0 Å². The van der Waals surface area contributed by atoms with Crippen LogP contribution in [0.25, 0.3) is 33.5 Å². The molecule has 5 aromatic rings. The van der Waals surface area contributed by atoms with Gasteiger partial charge in [0, 0.05) is 71.2 Å². The van der Waals surface area contributed by atoms with E-state index in [9.17, 15) is 9.59 Å². The number of morpholine rings is 2. The number of nitrogens with one attached hydrogen (secondary N) is 2. The van der Waals surface area contributed by atoms with Gasteiger partial charge >= 0.3 is 0 Å². The van der Waals surface area contributed by atoms with Gasteiger partial charge in [-0.1, -0.05) is 67.8 Å². The molecule has 0 bridgehead atoms. The lowest BCUT2D eigenvalue weighted by atomic mass is 9.84. The lowest BCUT2D eigenvalue weighted by molar-refractivity contribution is 0.0382. The van der Waals surface area contributed by atoms with E-state index in [-0.39, 0.29) is 11.8 Å². The molecule has 3 aromatic heterocycles. The van der Waals surface area contributed by atoms with Gasteiger partial charge in [0.15, 0.2) is 0 Å². The Bertz CT molecular complexity index is 1970. The second-order valence-corrected chi connectivity index (χ2v) is 16.6.